The lowest BCUT2D eigenvalue weighted by molar-refractivity contribution is -0.259. The molecule has 1 aliphatic heterocycles. The molecule has 178 valence electrons. The van der Waals surface area contributed by atoms with E-state index in [9.17, 15) is 19.2 Å². The van der Waals surface area contributed by atoms with Crippen molar-refractivity contribution in [3.05, 3.63) is 52.9 Å². The maximum Gasteiger partial charge on any atom is 0.344 e. The van der Waals surface area contributed by atoms with Gasteiger partial charge in [-0.15, -0.1) is 0 Å². The van der Waals surface area contributed by atoms with E-state index in [0.29, 0.717) is 10.8 Å². The summed E-state index contributed by atoms with van der Waals surface area (Å²) in [5.74, 6) is -1.72. The molecule has 10 heteroatoms. The number of esters is 3. The van der Waals surface area contributed by atoms with Crippen LogP contribution < -0.4 is 10.4 Å². The Hall–Kier alpha value is -3.92. The van der Waals surface area contributed by atoms with E-state index in [0.717, 1.165) is 5.39 Å². The molecule has 34 heavy (non-hydrogen) atoms. The first-order chi connectivity index (χ1) is 16.2. The van der Waals surface area contributed by atoms with E-state index in [2.05, 4.69) is 0 Å². The van der Waals surface area contributed by atoms with Crippen LogP contribution in [0.15, 0.2) is 51.7 Å². The number of ether oxygens (including phenoxy) is 5. The molecular formula is C24H22O10. The number of benzene rings is 2. The fourth-order valence-corrected chi connectivity index (χ4v) is 3.88. The van der Waals surface area contributed by atoms with Gasteiger partial charge in [0.1, 0.15) is 11.3 Å². The summed E-state index contributed by atoms with van der Waals surface area (Å²) in [5.41, 5.74) is -0.207. The molecule has 0 aliphatic carbocycles. The second-order valence-corrected chi connectivity index (χ2v) is 7.71. The molecule has 1 aromatic heterocycles. The Morgan fingerprint density at radius 2 is 1.47 bits per heavy atom. The molecule has 2 heterocycles. The van der Waals surface area contributed by atoms with Crippen molar-refractivity contribution in [1.29, 1.82) is 0 Å². The van der Waals surface area contributed by atoms with Gasteiger partial charge in [-0.05, 0) is 23.6 Å². The molecule has 4 unspecified atom stereocenters. The first kappa shape index (κ1) is 23.2. The molecule has 3 aromatic rings. The SMILES string of the molecule is CC(=O)OC1COC(Oc2ccc3c(c2)oc(=O)c2ccccc23)C(OC(C)=O)C1OC(C)=O. The monoisotopic (exact) mass is 470 g/mol. The number of rotatable bonds is 5. The minimum atomic E-state index is -1.24. The molecule has 0 saturated carbocycles. The normalized spacial score (nSPS) is 22.2. The molecule has 0 radical (unpaired) electrons. The number of carbonyl (C=O) groups excluding carboxylic acids is 3. The van der Waals surface area contributed by atoms with Crippen molar-refractivity contribution in [3.8, 4) is 5.75 Å². The number of hydrogen-bond acceptors (Lipinski definition) is 10. The zero-order chi connectivity index (χ0) is 24.4. The van der Waals surface area contributed by atoms with Gasteiger partial charge >= 0.3 is 23.5 Å². The Bertz CT molecular complexity index is 1310. The lowest BCUT2D eigenvalue weighted by Gasteiger charge is -2.40. The Morgan fingerprint density at radius 3 is 2.15 bits per heavy atom. The maximum atomic E-state index is 12.4. The molecule has 10 nitrogen and oxygen atoms in total. The first-order valence-electron chi connectivity index (χ1n) is 10.5. The quantitative estimate of drug-likeness (QED) is 0.237. The van der Waals surface area contributed by atoms with Crippen LogP contribution in [0.1, 0.15) is 20.8 Å². The topological polar surface area (TPSA) is 128 Å². The molecule has 0 bridgehead atoms. The molecule has 4 atom stereocenters. The smallest absolute Gasteiger partial charge is 0.344 e. The Labute approximate surface area is 193 Å². The minimum absolute atomic E-state index is 0.173. The number of hydrogen-bond donors (Lipinski definition) is 0. The summed E-state index contributed by atoms with van der Waals surface area (Å²) in [5, 5.41) is 1.89. The standard InChI is InChI=1S/C24H22O10/c1-12(25)30-20-11-29-24(22(32-14(3)27)21(20)31-13(2)26)33-15-8-9-17-16-6-4-5-7-18(16)23(28)34-19(17)10-15/h4-10,20-22,24H,11H2,1-3H3. The van der Waals surface area contributed by atoms with Crippen LogP contribution in [0.4, 0.5) is 0 Å². The zero-order valence-electron chi connectivity index (χ0n) is 18.6. The average Bonchev–Trinajstić information content (AvgIpc) is 2.77. The lowest BCUT2D eigenvalue weighted by Crippen LogP contribution is -2.59. The highest BCUT2D eigenvalue weighted by atomic mass is 16.7. The van der Waals surface area contributed by atoms with Gasteiger partial charge in [-0.2, -0.15) is 0 Å². The van der Waals surface area contributed by atoms with Crippen molar-refractivity contribution >= 4 is 39.6 Å². The third kappa shape index (κ3) is 4.86. The molecule has 0 spiro atoms. The lowest BCUT2D eigenvalue weighted by atomic mass is 10.0. The predicted octanol–water partition coefficient (Wildman–Crippen LogP) is 2.48. The summed E-state index contributed by atoms with van der Waals surface area (Å²) in [6.07, 6.45) is -4.61. The second kappa shape index (κ2) is 9.52. The Kier molecular flexibility index (Phi) is 6.51. The fraction of sp³-hybridized carbons (Fsp3) is 0.333. The van der Waals surface area contributed by atoms with Gasteiger partial charge in [-0.3, -0.25) is 14.4 Å². The van der Waals surface area contributed by atoms with Crippen molar-refractivity contribution < 1.29 is 42.5 Å². The Balaban J connectivity index is 1.67. The van der Waals surface area contributed by atoms with Crippen LogP contribution >= 0.6 is 0 Å². The molecule has 2 aromatic carbocycles. The van der Waals surface area contributed by atoms with Gasteiger partial charge in [0, 0.05) is 32.2 Å². The largest absolute Gasteiger partial charge is 0.461 e. The van der Waals surface area contributed by atoms with Gasteiger partial charge in [0.2, 0.25) is 12.4 Å². The number of fused-ring (bicyclic) bond motifs is 3. The van der Waals surface area contributed by atoms with E-state index in [1.165, 1.54) is 26.8 Å². The van der Waals surface area contributed by atoms with Crippen LogP contribution in [0, 0.1) is 0 Å². The van der Waals surface area contributed by atoms with Crippen molar-refractivity contribution in [1.82, 2.24) is 0 Å². The van der Waals surface area contributed by atoms with E-state index in [1.54, 1.807) is 24.3 Å². The average molecular weight is 470 g/mol. The highest BCUT2D eigenvalue weighted by Crippen LogP contribution is 2.30. The molecule has 4 rings (SSSR count). The maximum absolute atomic E-state index is 12.4. The fourth-order valence-electron chi connectivity index (χ4n) is 3.88. The van der Waals surface area contributed by atoms with Crippen LogP contribution in [0.3, 0.4) is 0 Å². The van der Waals surface area contributed by atoms with Gasteiger partial charge < -0.3 is 28.1 Å². The first-order valence-corrected chi connectivity index (χ1v) is 10.5. The van der Waals surface area contributed by atoms with Crippen LogP contribution in [-0.4, -0.2) is 49.1 Å². The van der Waals surface area contributed by atoms with Crippen molar-refractivity contribution in [3.63, 3.8) is 0 Å². The highest BCUT2D eigenvalue weighted by molar-refractivity contribution is 6.04. The summed E-state index contributed by atoms with van der Waals surface area (Å²) < 4.78 is 32.8. The summed E-state index contributed by atoms with van der Waals surface area (Å²) in [4.78, 5) is 47.3. The summed E-state index contributed by atoms with van der Waals surface area (Å²) in [7, 11) is 0. The molecule has 0 amide bonds. The highest BCUT2D eigenvalue weighted by Gasteiger charge is 2.48. The summed E-state index contributed by atoms with van der Waals surface area (Å²) in [6.45, 7) is 3.37. The van der Waals surface area contributed by atoms with Gasteiger partial charge in [0.15, 0.2) is 12.2 Å². The third-order valence-corrected chi connectivity index (χ3v) is 5.15. The summed E-state index contributed by atoms with van der Waals surface area (Å²) in [6, 6.07) is 11.9. The van der Waals surface area contributed by atoms with E-state index in [4.69, 9.17) is 28.1 Å². The van der Waals surface area contributed by atoms with E-state index in [-0.39, 0.29) is 17.9 Å². The predicted molar refractivity (Wildman–Crippen MR) is 117 cm³/mol. The zero-order valence-corrected chi connectivity index (χ0v) is 18.6. The Morgan fingerprint density at radius 1 is 0.824 bits per heavy atom. The molecule has 1 fully saturated rings. The second-order valence-electron chi connectivity index (χ2n) is 7.71. The van der Waals surface area contributed by atoms with E-state index in [1.807, 2.05) is 12.1 Å². The minimum Gasteiger partial charge on any atom is -0.461 e. The van der Waals surface area contributed by atoms with Crippen molar-refractivity contribution in [2.45, 2.75) is 45.4 Å². The van der Waals surface area contributed by atoms with Crippen LogP contribution in [0.2, 0.25) is 0 Å². The van der Waals surface area contributed by atoms with Crippen LogP contribution in [0.25, 0.3) is 21.7 Å². The van der Waals surface area contributed by atoms with Crippen LogP contribution in [-0.2, 0) is 33.3 Å². The van der Waals surface area contributed by atoms with Gasteiger partial charge in [0.25, 0.3) is 0 Å². The molecule has 1 saturated heterocycles. The van der Waals surface area contributed by atoms with E-state index >= 15 is 0 Å². The molecule has 1 aliphatic rings. The van der Waals surface area contributed by atoms with Crippen LogP contribution in [0.5, 0.6) is 5.75 Å². The van der Waals surface area contributed by atoms with Gasteiger partial charge in [0.05, 0.1) is 12.0 Å². The van der Waals surface area contributed by atoms with Gasteiger partial charge in [-0.1, -0.05) is 18.2 Å². The molecular weight excluding hydrogens is 448 g/mol. The molecule has 0 N–H and O–H groups in total. The number of carbonyl (C=O) groups is 3. The van der Waals surface area contributed by atoms with Gasteiger partial charge in [-0.25, -0.2) is 4.79 Å². The summed E-state index contributed by atoms with van der Waals surface area (Å²) >= 11 is 0. The van der Waals surface area contributed by atoms with Crippen molar-refractivity contribution in [2.24, 2.45) is 0 Å². The van der Waals surface area contributed by atoms with Crippen molar-refractivity contribution in [2.75, 3.05) is 6.61 Å². The third-order valence-electron chi connectivity index (χ3n) is 5.15. The van der Waals surface area contributed by atoms with E-state index < -0.39 is 48.1 Å².